The molecule has 230 valence electrons. The van der Waals surface area contributed by atoms with Gasteiger partial charge in [-0.25, -0.2) is 0 Å². The normalized spacial score (nSPS) is 13.7. The highest BCUT2D eigenvalue weighted by Gasteiger charge is 2.36. The van der Waals surface area contributed by atoms with E-state index in [0.717, 1.165) is 6.26 Å². The molecule has 2 aromatic carbocycles. The molecule has 0 saturated heterocycles. The molecule has 0 fully saturated rings. The molecule has 3 aromatic rings. The first-order valence-corrected chi connectivity index (χ1v) is 13.6. The fraction of sp³-hybridized carbons (Fsp3) is 0.303. The summed E-state index contributed by atoms with van der Waals surface area (Å²) in [6.45, 7) is 14.1. The zero-order valence-electron chi connectivity index (χ0n) is 25.4. The number of hydrogen-bond donors (Lipinski definition) is 0. The van der Waals surface area contributed by atoms with Crippen molar-refractivity contribution < 1.29 is 47.3 Å². The molecule has 0 bridgehead atoms. The molecule has 44 heavy (non-hydrogen) atoms. The van der Waals surface area contributed by atoms with Crippen LogP contribution in [0.2, 0.25) is 0 Å². The molecule has 1 atom stereocenters. The summed E-state index contributed by atoms with van der Waals surface area (Å²) < 4.78 is 34.2. The zero-order valence-corrected chi connectivity index (χ0v) is 25.4. The Bertz CT molecular complexity index is 1790. The average Bonchev–Trinajstić information content (AvgIpc) is 2.87. The van der Waals surface area contributed by atoms with E-state index in [1.54, 1.807) is 32.9 Å². The zero-order chi connectivity index (χ0) is 32.5. The number of benzene rings is 2. The van der Waals surface area contributed by atoms with Crippen LogP contribution in [0.25, 0.3) is 28.2 Å². The second kappa shape index (κ2) is 12.2. The smallest absolute Gasteiger partial charge is 0.308 e. The highest BCUT2D eigenvalue weighted by atomic mass is 16.6. The van der Waals surface area contributed by atoms with Crippen LogP contribution in [0, 0.1) is 0 Å². The Hall–Kier alpha value is -5.19. The van der Waals surface area contributed by atoms with Crippen molar-refractivity contribution in [2.24, 2.45) is 0 Å². The van der Waals surface area contributed by atoms with E-state index >= 15 is 0 Å². The van der Waals surface area contributed by atoms with E-state index in [0.29, 0.717) is 5.57 Å². The monoisotopic (exact) mass is 604 g/mol. The third kappa shape index (κ3) is 6.72. The standard InChI is InChI=1S/C33H32O11/c1-16(2)13-26(42-19(5)36)27-31-23(11-12-33(7,8)44-31)30(43-20(6)37)28-29(38)24(15-39-32(27)28)22-10-9-21(40-17(3)34)14-25(22)41-18(4)35/h9-12,14-15,26H,1,13H2,2-8H3/t26-/m1/s1. The molecule has 0 radical (unpaired) electrons. The first-order chi connectivity index (χ1) is 20.6. The van der Waals surface area contributed by atoms with Gasteiger partial charge in [0.1, 0.15) is 40.6 Å². The predicted octanol–water partition coefficient (Wildman–Crippen LogP) is 5.99. The lowest BCUT2D eigenvalue weighted by atomic mass is 9.91. The third-order valence-corrected chi connectivity index (χ3v) is 6.38. The summed E-state index contributed by atoms with van der Waals surface area (Å²) in [4.78, 5) is 62.5. The van der Waals surface area contributed by atoms with E-state index < -0.39 is 41.0 Å². The fourth-order valence-corrected chi connectivity index (χ4v) is 4.84. The maximum absolute atomic E-state index is 14.4. The van der Waals surface area contributed by atoms with E-state index in [1.165, 1.54) is 45.9 Å². The molecule has 4 rings (SSSR count). The fourth-order valence-electron chi connectivity index (χ4n) is 4.84. The van der Waals surface area contributed by atoms with Gasteiger partial charge in [0.05, 0.1) is 16.7 Å². The molecule has 1 aliphatic heterocycles. The van der Waals surface area contributed by atoms with Gasteiger partial charge >= 0.3 is 23.9 Å². The number of carbonyl (C=O) groups is 4. The van der Waals surface area contributed by atoms with Crippen molar-refractivity contribution in [1.82, 2.24) is 0 Å². The van der Waals surface area contributed by atoms with E-state index in [-0.39, 0.29) is 62.6 Å². The lowest BCUT2D eigenvalue weighted by Gasteiger charge is -2.32. The minimum absolute atomic E-state index is 0.0436. The first kappa shape index (κ1) is 31.7. The molecule has 1 aromatic heterocycles. The van der Waals surface area contributed by atoms with Gasteiger partial charge in [0.2, 0.25) is 5.43 Å². The van der Waals surface area contributed by atoms with Gasteiger partial charge in [-0.1, -0.05) is 12.2 Å². The van der Waals surface area contributed by atoms with E-state index in [1.807, 2.05) is 0 Å². The van der Waals surface area contributed by atoms with Crippen molar-refractivity contribution in [1.29, 1.82) is 0 Å². The molecule has 0 unspecified atom stereocenters. The largest absolute Gasteiger partial charge is 0.482 e. The highest BCUT2D eigenvalue weighted by Crippen LogP contribution is 2.49. The van der Waals surface area contributed by atoms with Crippen LogP contribution in [0.5, 0.6) is 23.0 Å². The van der Waals surface area contributed by atoms with Gasteiger partial charge in [0, 0.05) is 45.7 Å². The first-order valence-electron chi connectivity index (χ1n) is 13.6. The van der Waals surface area contributed by atoms with Crippen LogP contribution in [0.15, 0.2) is 51.9 Å². The van der Waals surface area contributed by atoms with Crippen LogP contribution < -0.4 is 24.4 Å². The minimum Gasteiger partial charge on any atom is -0.482 e. The number of hydrogen-bond acceptors (Lipinski definition) is 11. The summed E-state index contributed by atoms with van der Waals surface area (Å²) in [6.07, 6.45) is 3.73. The second-order valence-electron chi connectivity index (χ2n) is 10.9. The second-order valence-corrected chi connectivity index (χ2v) is 10.9. The summed E-state index contributed by atoms with van der Waals surface area (Å²) >= 11 is 0. The molecular formula is C33H32O11. The Balaban J connectivity index is 2.15. The van der Waals surface area contributed by atoms with Crippen molar-refractivity contribution in [3.63, 3.8) is 0 Å². The van der Waals surface area contributed by atoms with Gasteiger partial charge in [-0.3, -0.25) is 24.0 Å². The van der Waals surface area contributed by atoms with Gasteiger partial charge in [0.15, 0.2) is 11.3 Å². The quantitative estimate of drug-likeness (QED) is 0.170. The molecule has 11 nitrogen and oxygen atoms in total. The Morgan fingerprint density at radius 2 is 1.57 bits per heavy atom. The molecule has 0 aliphatic carbocycles. The number of fused-ring (bicyclic) bond motifs is 2. The van der Waals surface area contributed by atoms with Crippen molar-refractivity contribution in [2.75, 3.05) is 0 Å². The van der Waals surface area contributed by atoms with E-state index in [2.05, 4.69) is 6.58 Å². The number of rotatable bonds is 8. The summed E-state index contributed by atoms with van der Waals surface area (Å²) in [6, 6.07) is 4.13. The SMILES string of the molecule is C=C(C)C[C@@H](OC(C)=O)c1c2c(c(OC(C)=O)c3c(=O)c(-c4ccc(OC(C)=O)cc4OC(C)=O)coc13)C=CC(C)(C)O2. The molecule has 0 amide bonds. The van der Waals surface area contributed by atoms with Gasteiger partial charge in [0.25, 0.3) is 0 Å². The number of carbonyl (C=O) groups excluding carboxylic acids is 4. The van der Waals surface area contributed by atoms with Crippen molar-refractivity contribution in [3.8, 4) is 34.1 Å². The van der Waals surface area contributed by atoms with Gasteiger partial charge in [-0.2, -0.15) is 0 Å². The maximum Gasteiger partial charge on any atom is 0.308 e. The van der Waals surface area contributed by atoms with Gasteiger partial charge in [-0.05, 0) is 45.1 Å². The Labute approximate surface area is 253 Å². The highest BCUT2D eigenvalue weighted by molar-refractivity contribution is 5.98. The van der Waals surface area contributed by atoms with E-state index in [9.17, 15) is 24.0 Å². The van der Waals surface area contributed by atoms with Crippen LogP contribution in [-0.2, 0) is 23.9 Å². The summed E-state index contributed by atoms with van der Waals surface area (Å²) in [7, 11) is 0. The molecule has 0 N–H and O–H groups in total. The Morgan fingerprint density at radius 1 is 0.909 bits per heavy atom. The maximum atomic E-state index is 14.4. The van der Waals surface area contributed by atoms with Crippen LogP contribution >= 0.6 is 0 Å². The van der Waals surface area contributed by atoms with Crippen LogP contribution in [-0.4, -0.2) is 29.5 Å². The minimum atomic E-state index is -0.983. The summed E-state index contributed by atoms with van der Waals surface area (Å²) in [5.74, 6) is -2.53. The number of esters is 4. The molecule has 0 saturated carbocycles. The van der Waals surface area contributed by atoms with Crippen LogP contribution in [0.3, 0.4) is 0 Å². The third-order valence-electron chi connectivity index (χ3n) is 6.38. The van der Waals surface area contributed by atoms with Crippen molar-refractivity contribution >= 4 is 40.9 Å². The van der Waals surface area contributed by atoms with Crippen molar-refractivity contribution in [2.45, 2.75) is 66.6 Å². The molecule has 11 heteroatoms. The summed E-state index contributed by atoms with van der Waals surface area (Å²) in [5, 5.41) is -0.142. The van der Waals surface area contributed by atoms with E-state index in [4.69, 9.17) is 28.1 Å². The Morgan fingerprint density at radius 3 is 2.16 bits per heavy atom. The molecular weight excluding hydrogens is 572 g/mol. The Kier molecular flexibility index (Phi) is 8.80. The topological polar surface area (TPSA) is 145 Å². The summed E-state index contributed by atoms with van der Waals surface area (Å²) in [5.41, 5.74) is -0.278. The average molecular weight is 605 g/mol. The van der Waals surface area contributed by atoms with Crippen molar-refractivity contribution in [3.05, 3.63) is 64.0 Å². The lowest BCUT2D eigenvalue weighted by Crippen LogP contribution is -2.29. The number of ether oxygens (including phenoxy) is 5. The lowest BCUT2D eigenvalue weighted by molar-refractivity contribution is -0.146. The van der Waals surface area contributed by atoms with Gasteiger partial charge in [-0.15, -0.1) is 0 Å². The van der Waals surface area contributed by atoms with Crippen LogP contribution in [0.1, 0.15) is 72.1 Å². The molecule has 2 heterocycles. The molecule has 1 aliphatic rings. The predicted molar refractivity (Wildman–Crippen MR) is 160 cm³/mol. The van der Waals surface area contributed by atoms with Crippen LogP contribution in [0.4, 0.5) is 0 Å². The van der Waals surface area contributed by atoms with Gasteiger partial charge < -0.3 is 28.1 Å². The molecule has 0 spiro atoms.